The van der Waals surface area contributed by atoms with E-state index in [-0.39, 0.29) is 34.5 Å². The fraction of sp³-hybridized carbons (Fsp3) is 0.542. The number of amides is 2. The standard InChI is InChI=1S/C48H72N10O9/c1-47(2,15-17-53-39(59)13-9-11-19-66-41-35(61-5)23-31(24-36(41)62-6)21-33-27-55-45(51)57-43(33)49)29-65-30-48(3,4)16-18-54-40(60)14-10-12-20-67-42-37(63-7)25-32(26-38(42)64-8)22-34-28-56-46(52)58-44(34)50/h23-28H,9-22,29-30H2,1-8H3,(H,53,59)(H,54,60)(H4,49,51,55,57)(H4,50,52,56,58). The quantitative estimate of drug-likeness (QED) is 0.0343. The molecule has 0 aliphatic rings. The number of aromatic nitrogens is 4. The van der Waals surface area contributed by atoms with Gasteiger partial charge in [0.1, 0.15) is 11.6 Å². The Morgan fingerprint density at radius 1 is 0.567 bits per heavy atom. The van der Waals surface area contributed by atoms with Gasteiger partial charge in [-0.15, -0.1) is 0 Å². The molecule has 0 saturated heterocycles. The molecule has 368 valence electrons. The van der Waals surface area contributed by atoms with Crippen LogP contribution in [0, 0.1) is 10.8 Å². The Balaban J connectivity index is 1.06. The van der Waals surface area contributed by atoms with Crippen LogP contribution >= 0.6 is 0 Å². The Hall–Kier alpha value is -6.50. The van der Waals surface area contributed by atoms with Gasteiger partial charge in [0.2, 0.25) is 35.2 Å². The first kappa shape index (κ1) is 53.1. The van der Waals surface area contributed by atoms with Crippen molar-refractivity contribution in [3.8, 4) is 34.5 Å². The predicted molar refractivity (Wildman–Crippen MR) is 259 cm³/mol. The van der Waals surface area contributed by atoms with E-state index in [2.05, 4.69) is 58.3 Å². The number of nitrogens with one attached hydrogen (secondary N) is 2. The van der Waals surface area contributed by atoms with E-state index in [1.165, 1.54) is 0 Å². The highest BCUT2D eigenvalue weighted by Crippen LogP contribution is 2.41. The van der Waals surface area contributed by atoms with Crippen molar-refractivity contribution >= 4 is 35.3 Å². The Labute approximate surface area is 394 Å². The van der Waals surface area contributed by atoms with Gasteiger partial charge in [-0.05, 0) is 84.7 Å². The molecule has 4 aromatic rings. The number of nitrogens with zero attached hydrogens (tertiary/aromatic N) is 4. The van der Waals surface area contributed by atoms with Gasteiger partial charge in [-0.25, -0.2) is 9.97 Å². The molecule has 19 heteroatoms. The highest BCUT2D eigenvalue weighted by atomic mass is 16.5. The number of anilines is 4. The van der Waals surface area contributed by atoms with Gasteiger partial charge < -0.3 is 66.7 Å². The van der Waals surface area contributed by atoms with Gasteiger partial charge in [0.05, 0.1) is 54.9 Å². The number of methoxy groups -OCH3 is 4. The average molecular weight is 933 g/mol. The summed E-state index contributed by atoms with van der Waals surface area (Å²) < 4.78 is 40.7. The molecule has 0 unspecified atom stereocenters. The molecule has 0 saturated carbocycles. The summed E-state index contributed by atoms with van der Waals surface area (Å²) in [5.74, 6) is 3.92. The number of benzene rings is 2. The van der Waals surface area contributed by atoms with Crippen LogP contribution in [0.25, 0.3) is 0 Å². The van der Waals surface area contributed by atoms with Crippen molar-refractivity contribution in [2.24, 2.45) is 10.8 Å². The summed E-state index contributed by atoms with van der Waals surface area (Å²) >= 11 is 0. The fourth-order valence-electron chi connectivity index (χ4n) is 7.07. The molecular formula is C48H72N10O9. The molecular weight excluding hydrogens is 861 g/mol. The fourth-order valence-corrected chi connectivity index (χ4v) is 7.07. The van der Waals surface area contributed by atoms with E-state index in [0.29, 0.717) is 137 Å². The summed E-state index contributed by atoms with van der Waals surface area (Å²) in [6, 6.07) is 7.44. The third kappa shape index (κ3) is 17.7. The lowest BCUT2D eigenvalue weighted by Crippen LogP contribution is -2.32. The number of rotatable bonds is 30. The van der Waals surface area contributed by atoms with E-state index in [1.807, 2.05) is 24.3 Å². The van der Waals surface area contributed by atoms with Crippen LogP contribution in [-0.2, 0) is 27.2 Å². The van der Waals surface area contributed by atoms with E-state index >= 15 is 0 Å². The maximum atomic E-state index is 12.6. The third-order valence-electron chi connectivity index (χ3n) is 11.0. The number of ether oxygens (including phenoxy) is 7. The molecule has 0 atom stereocenters. The zero-order valence-corrected chi connectivity index (χ0v) is 40.6. The van der Waals surface area contributed by atoms with Gasteiger partial charge in [-0.3, -0.25) is 9.59 Å². The summed E-state index contributed by atoms with van der Waals surface area (Å²) in [5, 5.41) is 6.09. The highest BCUT2D eigenvalue weighted by Gasteiger charge is 2.24. The number of hydrogen-bond acceptors (Lipinski definition) is 17. The van der Waals surface area contributed by atoms with Crippen LogP contribution in [0.2, 0.25) is 0 Å². The number of unbranched alkanes of at least 4 members (excludes halogenated alkanes) is 2. The minimum absolute atomic E-state index is 0.00325. The maximum absolute atomic E-state index is 12.6. The minimum Gasteiger partial charge on any atom is -0.493 e. The van der Waals surface area contributed by atoms with Gasteiger partial charge in [-0.2, -0.15) is 9.97 Å². The zero-order valence-electron chi connectivity index (χ0n) is 40.6. The first-order valence-corrected chi connectivity index (χ1v) is 22.6. The van der Waals surface area contributed by atoms with Crippen LogP contribution in [0.1, 0.15) is 101 Å². The molecule has 10 N–H and O–H groups in total. The van der Waals surface area contributed by atoms with E-state index in [0.717, 1.165) is 35.1 Å². The topological polar surface area (TPSA) is 278 Å². The van der Waals surface area contributed by atoms with Gasteiger partial charge in [0, 0.05) is 62.3 Å². The van der Waals surface area contributed by atoms with Crippen molar-refractivity contribution < 1.29 is 42.7 Å². The average Bonchev–Trinajstić information content (AvgIpc) is 3.27. The molecule has 2 aromatic carbocycles. The van der Waals surface area contributed by atoms with Gasteiger partial charge >= 0.3 is 0 Å². The second-order valence-corrected chi connectivity index (χ2v) is 17.9. The predicted octanol–water partition coefficient (Wildman–Crippen LogP) is 5.69. The Kier molecular flexibility index (Phi) is 20.6. The second kappa shape index (κ2) is 26.0. The first-order valence-electron chi connectivity index (χ1n) is 22.6. The monoisotopic (exact) mass is 933 g/mol. The van der Waals surface area contributed by atoms with E-state index in [9.17, 15) is 9.59 Å². The van der Waals surface area contributed by atoms with Crippen LogP contribution in [0.15, 0.2) is 36.7 Å². The van der Waals surface area contributed by atoms with Crippen molar-refractivity contribution in [1.82, 2.24) is 30.6 Å². The number of nitrogen functional groups attached to an aromatic ring is 4. The summed E-state index contributed by atoms with van der Waals surface area (Å²) in [6.07, 6.45) is 9.08. The molecule has 2 heterocycles. The van der Waals surface area contributed by atoms with E-state index < -0.39 is 0 Å². The molecule has 0 fully saturated rings. The number of hydrogen-bond donors (Lipinski definition) is 6. The normalized spacial score (nSPS) is 11.5. The molecule has 0 bridgehead atoms. The molecule has 0 aliphatic carbocycles. The second-order valence-electron chi connectivity index (χ2n) is 17.9. The Bertz CT molecular complexity index is 2020. The van der Waals surface area contributed by atoms with Crippen molar-refractivity contribution in [2.75, 3.05) is 90.9 Å². The summed E-state index contributed by atoms with van der Waals surface area (Å²) in [4.78, 5) is 41.4. The minimum atomic E-state index is -0.138. The van der Waals surface area contributed by atoms with Crippen LogP contribution in [0.5, 0.6) is 34.5 Å². The van der Waals surface area contributed by atoms with Gasteiger partial charge in [0.15, 0.2) is 23.0 Å². The van der Waals surface area contributed by atoms with Crippen LogP contribution in [0.3, 0.4) is 0 Å². The SMILES string of the molecule is COc1cc(Cc2cnc(N)nc2N)cc(OC)c1OCCCCC(=O)NCCC(C)(C)COCC(C)(C)CCNC(=O)CCCCOc1c(OC)cc(Cc2cnc(N)nc2N)cc1OC. The van der Waals surface area contributed by atoms with Gasteiger partial charge in [-0.1, -0.05) is 27.7 Å². The Morgan fingerprint density at radius 2 is 0.925 bits per heavy atom. The van der Waals surface area contributed by atoms with Crippen molar-refractivity contribution in [3.63, 3.8) is 0 Å². The lowest BCUT2D eigenvalue weighted by atomic mass is 9.89. The zero-order chi connectivity index (χ0) is 49.0. The van der Waals surface area contributed by atoms with Crippen LogP contribution < -0.4 is 62.0 Å². The molecule has 67 heavy (non-hydrogen) atoms. The molecule has 0 radical (unpaired) electrons. The molecule has 2 aromatic heterocycles. The number of carbonyl (C=O) groups excluding carboxylic acids is 2. The first-order chi connectivity index (χ1) is 32.0. The molecule has 0 spiro atoms. The van der Waals surface area contributed by atoms with E-state index in [1.54, 1.807) is 40.8 Å². The lowest BCUT2D eigenvalue weighted by Gasteiger charge is -2.29. The highest BCUT2D eigenvalue weighted by molar-refractivity contribution is 5.76. The Morgan fingerprint density at radius 3 is 1.25 bits per heavy atom. The molecule has 0 aliphatic heterocycles. The number of nitrogens with two attached hydrogens (primary N) is 4. The van der Waals surface area contributed by atoms with Crippen molar-refractivity contribution in [3.05, 3.63) is 58.9 Å². The van der Waals surface area contributed by atoms with Crippen LogP contribution in [-0.4, -0.2) is 99.7 Å². The summed E-state index contributed by atoms with van der Waals surface area (Å²) in [7, 11) is 6.27. The van der Waals surface area contributed by atoms with E-state index in [4.69, 9.17) is 56.1 Å². The summed E-state index contributed by atoms with van der Waals surface area (Å²) in [5.41, 5.74) is 26.3. The molecule has 19 nitrogen and oxygen atoms in total. The largest absolute Gasteiger partial charge is 0.493 e. The van der Waals surface area contributed by atoms with Crippen molar-refractivity contribution in [1.29, 1.82) is 0 Å². The van der Waals surface area contributed by atoms with Crippen molar-refractivity contribution in [2.45, 2.75) is 91.9 Å². The smallest absolute Gasteiger partial charge is 0.221 e. The summed E-state index contributed by atoms with van der Waals surface area (Å²) in [6.45, 7) is 11.5. The number of carbonyl (C=O) groups is 2. The lowest BCUT2D eigenvalue weighted by molar-refractivity contribution is -0.122. The van der Waals surface area contributed by atoms with Crippen LogP contribution in [0.4, 0.5) is 23.5 Å². The maximum Gasteiger partial charge on any atom is 0.221 e. The molecule has 2 amide bonds. The third-order valence-corrected chi connectivity index (χ3v) is 11.0. The van der Waals surface area contributed by atoms with Gasteiger partial charge in [0.25, 0.3) is 0 Å². The molecule has 4 rings (SSSR count).